The van der Waals surface area contributed by atoms with Crippen LogP contribution in [0.3, 0.4) is 0 Å². The molecular formula is C18H14F3N5O. The molecule has 0 radical (unpaired) electrons. The first-order valence-corrected chi connectivity index (χ1v) is 8.21. The summed E-state index contributed by atoms with van der Waals surface area (Å²) in [5.74, 6) is -0.351. The molecule has 2 aromatic heterocycles. The van der Waals surface area contributed by atoms with Crippen LogP contribution in [0.4, 0.5) is 13.2 Å². The first-order chi connectivity index (χ1) is 12.9. The molecule has 0 unspecified atom stereocenters. The molecule has 4 rings (SSSR count). The average Bonchev–Trinajstić information content (AvgIpc) is 3.10. The van der Waals surface area contributed by atoms with Gasteiger partial charge in [-0.1, -0.05) is 35.5 Å². The average molecular weight is 373 g/mol. The third-order valence-electron chi connectivity index (χ3n) is 4.40. The van der Waals surface area contributed by atoms with Crippen molar-refractivity contribution in [3.8, 4) is 11.3 Å². The van der Waals surface area contributed by atoms with E-state index >= 15 is 0 Å². The van der Waals surface area contributed by atoms with E-state index < -0.39 is 11.9 Å². The van der Waals surface area contributed by atoms with E-state index in [2.05, 4.69) is 15.3 Å². The number of amides is 1. The fourth-order valence-electron chi connectivity index (χ4n) is 2.86. The van der Waals surface area contributed by atoms with E-state index in [1.54, 1.807) is 9.58 Å². The van der Waals surface area contributed by atoms with Crippen molar-refractivity contribution in [1.29, 1.82) is 0 Å². The Bertz CT molecular complexity index is 947. The molecule has 3 heterocycles. The van der Waals surface area contributed by atoms with Gasteiger partial charge in [0.25, 0.3) is 5.91 Å². The number of aromatic nitrogens is 4. The van der Waals surface area contributed by atoms with Crippen LogP contribution in [0.15, 0.2) is 54.9 Å². The number of alkyl halides is 3. The lowest BCUT2D eigenvalue weighted by Crippen LogP contribution is -2.50. The molecule has 1 aliphatic heterocycles. The van der Waals surface area contributed by atoms with Crippen molar-refractivity contribution in [3.63, 3.8) is 0 Å². The number of pyridine rings is 1. The Balaban J connectivity index is 1.39. The van der Waals surface area contributed by atoms with Gasteiger partial charge in [-0.3, -0.25) is 9.78 Å². The van der Waals surface area contributed by atoms with Crippen LogP contribution in [-0.4, -0.2) is 43.9 Å². The second kappa shape index (κ2) is 6.49. The van der Waals surface area contributed by atoms with Crippen molar-refractivity contribution in [2.45, 2.75) is 12.2 Å². The summed E-state index contributed by atoms with van der Waals surface area (Å²) in [7, 11) is 0. The zero-order chi connectivity index (χ0) is 19.0. The van der Waals surface area contributed by atoms with Gasteiger partial charge in [0.15, 0.2) is 0 Å². The Morgan fingerprint density at radius 3 is 2.44 bits per heavy atom. The molecular weight excluding hydrogens is 359 g/mol. The molecule has 138 valence electrons. The van der Waals surface area contributed by atoms with Gasteiger partial charge in [-0.15, -0.1) is 5.10 Å². The molecule has 1 aromatic carbocycles. The minimum absolute atomic E-state index is 0.0127. The van der Waals surface area contributed by atoms with Crippen LogP contribution in [0.1, 0.15) is 22.1 Å². The maximum Gasteiger partial charge on any atom is 0.433 e. The minimum atomic E-state index is -4.52. The summed E-state index contributed by atoms with van der Waals surface area (Å²) in [6, 6.07) is 11.6. The monoisotopic (exact) mass is 373 g/mol. The Morgan fingerprint density at radius 1 is 1.07 bits per heavy atom. The van der Waals surface area contributed by atoms with E-state index in [0.29, 0.717) is 13.1 Å². The van der Waals surface area contributed by atoms with Gasteiger partial charge >= 0.3 is 6.18 Å². The van der Waals surface area contributed by atoms with E-state index in [0.717, 1.165) is 29.6 Å². The number of hydrogen-bond donors (Lipinski definition) is 0. The minimum Gasteiger partial charge on any atom is -0.334 e. The molecule has 1 aliphatic rings. The number of benzene rings is 1. The molecule has 6 nitrogen and oxygen atoms in total. The summed E-state index contributed by atoms with van der Waals surface area (Å²) < 4.78 is 39.3. The van der Waals surface area contributed by atoms with Crippen LogP contribution >= 0.6 is 0 Å². The lowest BCUT2D eigenvalue weighted by molar-refractivity contribution is -0.141. The molecule has 0 spiro atoms. The summed E-state index contributed by atoms with van der Waals surface area (Å²) >= 11 is 0. The van der Waals surface area contributed by atoms with Gasteiger partial charge in [-0.2, -0.15) is 13.2 Å². The first-order valence-electron chi connectivity index (χ1n) is 8.21. The van der Waals surface area contributed by atoms with Crippen molar-refractivity contribution in [2.75, 3.05) is 13.1 Å². The highest BCUT2D eigenvalue weighted by Crippen LogP contribution is 2.28. The number of nitrogens with zero attached hydrogens (tertiary/aromatic N) is 5. The number of hydrogen-bond acceptors (Lipinski definition) is 4. The van der Waals surface area contributed by atoms with Crippen LogP contribution < -0.4 is 0 Å². The molecule has 0 aliphatic carbocycles. The third-order valence-corrected chi connectivity index (χ3v) is 4.40. The first kappa shape index (κ1) is 17.2. The van der Waals surface area contributed by atoms with E-state index in [4.69, 9.17) is 0 Å². The zero-order valence-corrected chi connectivity index (χ0v) is 14.0. The highest BCUT2D eigenvalue weighted by molar-refractivity contribution is 5.94. The Labute approximate surface area is 152 Å². The van der Waals surface area contributed by atoms with Gasteiger partial charge in [-0.05, 0) is 12.1 Å². The Hall–Kier alpha value is -3.23. The van der Waals surface area contributed by atoms with Crippen LogP contribution in [0.2, 0.25) is 0 Å². The maximum absolute atomic E-state index is 12.5. The number of halogens is 3. The highest BCUT2D eigenvalue weighted by atomic mass is 19.4. The van der Waals surface area contributed by atoms with Gasteiger partial charge in [-0.25, -0.2) is 4.68 Å². The molecule has 1 saturated heterocycles. The summed E-state index contributed by atoms with van der Waals surface area (Å²) in [6.45, 7) is 0.828. The van der Waals surface area contributed by atoms with E-state index in [1.807, 2.05) is 36.5 Å². The second-order valence-electron chi connectivity index (χ2n) is 6.24. The number of rotatable bonds is 3. The predicted octanol–water partition coefficient (Wildman–Crippen LogP) is 3.06. The summed E-state index contributed by atoms with van der Waals surface area (Å²) in [5, 5.41) is 8.25. The van der Waals surface area contributed by atoms with Crippen molar-refractivity contribution >= 4 is 5.91 Å². The SMILES string of the molecule is O=C(c1ccc(C(F)(F)F)nc1)N1CC(n2cc(-c3ccccc3)nn2)C1. The Morgan fingerprint density at radius 2 is 1.81 bits per heavy atom. The molecule has 3 aromatic rings. The second-order valence-corrected chi connectivity index (χ2v) is 6.24. The predicted molar refractivity (Wildman–Crippen MR) is 89.6 cm³/mol. The Kier molecular flexibility index (Phi) is 4.14. The van der Waals surface area contributed by atoms with Gasteiger partial charge < -0.3 is 4.90 Å². The lowest BCUT2D eigenvalue weighted by Gasteiger charge is -2.38. The van der Waals surface area contributed by atoms with Crippen molar-refractivity contribution in [2.24, 2.45) is 0 Å². The molecule has 27 heavy (non-hydrogen) atoms. The molecule has 0 atom stereocenters. The van der Waals surface area contributed by atoms with Gasteiger partial charge in [0.05, 0.1) is 17.8 Å². The van der Waals surface area contributed by atoms with Crippen molar-refractivity contribution in [3.05, 3.63) is 66.1 Å². The zero-order valence-electron chi connectivity index (χ0n) is 14.0. The van der Waals surface area contributed by atoms with Gasteiger partial charge in [0.2, 0.25) is 0 Å². The van der Waals surface area contributed by atoms with E-state index in [-0.39, 0.29) is 17.5 Å². The van der Waals surface area contributed by atoms with Crippen LogP contribution in [-0.2, 0) is 6.18 Å². The molecule has 9 heteroatoms. The van der Waals surface area contributed by atoms with Crippen LogP contribution in [0.25, 0.3) is 11.3 Å². The maximum atomic E-state index is 12.5. The summed E-state index contributed by atoms with van der Waals surface area (Å²) in [4.78, 5) is 17.2. The van der Waals surface area contributed by atoms with Crippen molar-refractivity contribution in [1.82, 2.24) is 24.9 Å². The van der Waals surface area contributed by atoms with E-state index in [9.17, 15) is 18.0 Å². The number of carbonyl (C=O) groups excluding carboxylic acids is 1. The standard InChI is InChI=1S/C18H14F3N5O/c19-18(20,21)16-7-6-13(8-22-16)17(27)25-9-14(10-25)26-11-15(23-24-26)12-4-2-1-3-5-12/h1-8,11,14H,9-10H2. The molecule has 0 saturated carbocycles. The van der Waals surface area contributed by atoms with Gasteiger partial charge in [0, 0.05) is 24.8 Å². The van der Waals surface area contributed by atoms with Crippen LogP contribution in [0.5, 0.6) is 0 Å². The molecule has 0 bridgehead atoms. The van der Waals surface area contributed by atoms with Gasteiger partial charge in [0.1, 0.15) is 11.4 Å². The topological polar surface area (TPSA) is 63.9 Å². The summed E-state index contributed by atoms with van der Waals surface area (Å²) in [5.41, 5.74) is 0.806. The normalized spacial score (nSPS) is 14.9. The quantitative estimate of drug-likeness (QED) is 0.708. The fraction of sp³-hybridized carbons (Fsp3) is 0.222. The molecule has 1 fully saturated rings. The number of carbonyl (C=O) groups is 1. The third kappa shape index (κ3) is 3.40. The fourth-order valence-corrected chi connectivity index (χ4v) is 2.86. The summed E-state index contributed by atoms with van der Waals surface area (Å²) in [6.07, 6.45) is -1.74. The smallest absolute Gasteiger partial charge is 0.334 e. The molecule has 1 amide bonds. The van der Waals surface area contributed by atoms with Crippen molar-refractivity contribution < 1.29 is 18.0 Å². The highest BCUT2D eigenvalue weighted by Gasteiger charge is 2.35. The lowest BCUT2D eigenvalue weighted by atomic mass is 10.1. The molecule has 0 N–H and O–H groups in total. The number of likely N-dealkylation sites (tertiary alicyclic amines) is 1. The largest absolute Gasteiger partial charge is 0.433 e. The van der Waals surface area contributed by atoms with Crippen LogP contribution in [0, 0.1) is 0 Å². The van der Waals surface area contributed by atoms with E-state index in [1.165, 1.54) is 0 Å².